The van der Waals surface area contributed by atoms with Crippen LogP contribution in [0.2, 0.25) is 0 Å². The quantitative estimate of drug-likeness (QED) is 0.833. The Morgan fingerprint density at radius 1 is 1.33 bits per heavy atom. The third-order valence-corrected chi connectivity index (χ3v) is 2.79. The maximum absolute atomic E-state index is 13.4. The van der Waals surface area contributed by atoms with E-state index in [1.165, 1.54) is 0 Å². The number of hydrogen-bond donors (Lipinski definition) is 1. The van der Waals surface area contributed by atoms with Gasteiger partial charge in [-0.25, -0.2) is 4.39 Å². The van der Waals surface area contributed by atoms with E-state index in [0.717, 1.165) is 25.0 Å². The summed E-state index contributed by atoms with van der Waals surface area (Å²) >= 11 is 0. The summed E-state index contributed by atoms with van der Waals surface area (Å²) in [5, 5.41) is 2.34. The lowest BCUT2D eigenvalue weighted by atomic mass is 10.1. The Morgan fingerprint density at radius 2 is 2.00 bits per heavy atom. The number of rotatable bonds is 3. The Kier molecular flexibility index (Phi) is 3.28. The molecule has 0 unspecified atom stereocenters. The monoisotopic (exact) mass is 261 g/mol. The van der Waals surface area contributed by atoms with Crippen LogP contribution in [-0.4, -0.2) is 12.5 Å². The Bertz CT molecular complexity index is 466. The molecule has 18 heavy (non-hydrogen) atoms. The van der Waals surface area contributed by atoms with Gasteiger partial charge in [-0.05, 0) is 30.9 Å². The highest BCUT2D eigenvalue weighted by Gasteiger charge is 2.37. The molecule has 2 nitrogen and oxygen atoms in total. The Morgan fingerprint density at radius 3 is 2.56 bits per heavy atom. The van der Waals surface area contributed by atoms with E-state index in [1.54, 1.807) is 0 Å². The smallest absolute Gasteiger partial charge is 0.352 e. The van der Waals surface area contributed by atoms with Crippen LogP contribution in [0.1, 0.15) is 28.8 Å². The maximum atomic E-state index is 13.4. The fourth-order valence-corrected chi connectivity index (χ4v) is 1.64. The number of alkyl halides is 3. The normalized spacial score (nSPS) is 15.6. The van der Waals surface area contributed by atoms with Crippen molar-refractivity contribution >= 4 is 5.91 Å². The van der Waals surface area contributed by atoms with E-state index in [-0.39, 0.29) is 0 Å². The van der Waals surface area contributed by atoms with Crippen molar-refractivity contribution in [3.8, 4) is 0 Å². The summed E-state index contributed by atoms with van der Waals surface area (Å²) in [5.41, 5.74) is -2.17. The third kappa shape index (κ3) is 2.80. The van der Waals surface area contributed by atoms with E-state index in [4.69, 9.17) is 0 Å². The van der Waals surface area contributed by atoms with Crippen molar-refractivity contribution in [2.24, 2.45) is 5.92 Å². The molecule has 0 aliphatic heterocycles. The first-order chi connectivity index (χ1) is 8.39. The average Bonchev–Trinajstić information content (AvgIpc) is 3.08. The second-order valence-electron chi connectivity index (χ2n) is 4.31. The topological polar surface area (TPSA) is 29.1 Å². The molecule has 0 radical (unpaired) electrons. The lowest BCUT2D eigenvalue weighted by molar-refractivity contribution is -0.138. The zero-order valence-corrected chi connectivity index (χ0v) is 9.35. The maximum Gasteiger partial charge on any atom is 0.417 e. The van der Waals surface area contributed by atoms with Crippen LogP contribution >= 0.6 is 0 Å². The summed E-state index contributed by atoms with van der Waals surface area (Å²) in [6.07, 6.45) is -2.85. The molecule has 1 N–H and O–H groups in total. The van der Waals surface area contributed by atoms with Crippen LogP contribution in [0.25, 0.3) is 0 Å². The molecule has 0 bridgehead atoms. The molecule has 0 heterocycles. The number of benzene rings is 1. The standard InChI is InChI=1S/C12H11F4NO/c13-9-3-1-2-8(12(14,15)16)10(9)11(18)17-6-7-4-5-7/h1-3,7H,4-6H2,(H,17,18). The van der Waals surface area contributed by atoms with Gasteiger partial charge >= 0.3 is 6.18 Å². The van der Waals surface area contributed by atoms with Gasteiger partial charge in [-0.2, -0.15) is 13.2 Å². The molecule has 1 aliphatic carbocycles. The zero-order chi connectivity index (χ0) is 13.3. The predicted octanol–water partition coefficient (Wildman–Crippen LogP) is 2.98. The van der Waals surface area contributed by atoms with E-state index in [0.29, 0.717) is 18.5 Å². The van der Waals surface area contributed by atoms with E-state index in [1.807, 2.05) is 0 Å². The highest BCUT2D eigenvalue weighted by atomic mass is 19.4. The molecule has 2 rings (SSSR count). The molecule has 0 atom stereocenters. The lowest BCUT2D eigenvalue weighted by Crippen LogP contribution is -2.29. The highest BCUT2D eigenvalue weighted by Crippen LogP contribution is 2.33. The first-order valence-electron chi connectivity index (χ1n) is 5.53. The average molecular weight is 261 g/mol. The minimum absolute atomic E-state index is 0.296. The van der Waals surface area contributed by atoms with Gasteiger partial charge in [0.25, 0.3) is 5.91 Å². The second-order valence-corrected chi connectivity index (χ2v) is 4.31. The summed E-state index contributed by atoms with van der Waals surface area (Å²) in [7, 11) is 0. The van der Waals surface area contributed by atoms with E-state index in [9.17, 15) is 22.4 Å². The minimum atomic E-state index is -4.74. The van der Waals surface area contributed by atoms with Crippen molar-refractivity contribution in [1.29, 1.82) is 0 Å². The second kappa shape index (κ2) is 4.59. The largest absolute Gasteiger partial charge is 0.417 e. The summed E-state index contributed by atoms with van der Waals surface area (Å²) in [6.45, 7) is 0.296. The lowest BCUT2D eigenvalue weighted by Gasteiger charge is -2.13. The molecule has 0 saturated heterocycles. The summed E-state index contributed by atoms with van der Waals surface area (Å²) in [4.78, 5) is 11.6. The van der Waals surface area contributed by atoms with Crippen molar-refractivity contribution in [3.63, 3.8) is 0 Å². The minimum Gasteiger partial charge on any atom is -0.352 e. The SMILES string of the molecule is O=C(NCC1CC1)c1c(F)cccc1C(F)(F)F. The predicted molar refractivity (Wildman–Crippen MR) is 56.5 cm³/mol. The van der Waals surface area contributed by atoms with Crippen LogP contribution in [0.15, 0.2) is 18.2 Å². The summed E-state index contributed by atoms with van der Waals surface area (Å²) in [5.74, 6) is -1.85. The van der Waals surface area contributed by atoms with Gasteiger partial charge < -0.3 is 5.32 Å². The van der Waals surface area contributed by atoms with Crippen molar-refractivity contribution in [3.05, 3.63) is 35.1 Å². The zero-order valence-electron chi connectivity index (χ0n) is 9.35. The number of hydrogen-bond acceptors (Lipinski definition) is 1. The van der Waals surface area contributed by atoms with Crippen LogP contribution in [-0.2, 0) is 6.18 Å². The molecular weight excluding hydrogens is 250 g/mol. The van der Waals surface area contributed by atoms with Gasteiger partial charge in [0.15, 0.2) is 0 Å². The number of halogens is 4. The molecule has 1 fully saturated rings. The Balaban J connectivity index is 2.26. The van der Waals surface area contributed by atoms with Crippen molar-refractivity contribution in [1.82, 2.24) is 5.32 Å². The van der Waals surface area contributed by atoms with Gasteiger partial charge in [0.05, 0.1) is 11.1 Å². The fourth-order valence-electron chi connectivity index (χ4n) is 1.64. The van der Waals surface area contributed by atoms with Gasteiger partial charge in [-0.15, -0.1) is 0 Å². The molecule has 1 amide bonds. The van der Waals surface area contributed by atoms with E-state index in [2.05, 4.69) is 5.32 Å². The molecular formula is C12H11F4NO. The van der Waals surface area contributed by atoms with Crippen LogP contribution in [0.5, 0.6) is 0 Å². The first-order valence-corrected chi connectivity index (χ1v) is 5.53. The number of carbonyl (C=O) groups is 1. The molecule has 98 valence electrons. The molecule has 6 heteroatoms. The molecule has 1 aromatic carbocycles. The van der Waals surface area contributed by atoms with E-state index >= 15 is 0 Å². The van der Waals surface area contributed by atoms with Crippen molar-refractivity contribution in [2.45, 2.75) is 19.0 Å². The number of carbonyl (C=O) groups excluding carboxylic acids is 1. The molecule has 0 spiro atoms. The molecule has 1 aliphatic rings. The summed E-state index contributed by atoms with van der Waals surface area (Å²) < 4.78 is 51.4. The number of amides is 1. The van der Waals surface area contributed by atoms with Crippen LogP contribution in [0.3, 0.4) is 0 Å². The van der Waals surface area contributed by atoms with Crippen molar-refractivity contribution in [2.75, 3.05) is 6.54 Å². The molecule has 1 saturated carbocycles. The van der Waals surface area contributed by atoms with Crippen LogP contribution in [0.4, 0.5) is 17.6 Å². The van der Waals surface area contributed by atoms with Crippen molar-refractivity contribution < 1.29 is 22.4 Å². The van der Waals surface area contributed by atoms with Gasteiger partial charge in [-0.1, -0.05) is 6.07 Å². The van der Waals surface area contributed by atoms with Crippen LogP contribution in [0, 0.1) is 11.7 Å². The summed E-state index contributed by atoms with van der Waals surface area (Å²) in [6, 6.07) is 2.49. The third-order valence-electron chi connectivity index (χ3n) is 2.79. The fraction of sp³-hybridized carbons (Fsp3) is 0.417. The number of nitrogens with one attached hydrogen (secondary N) is 1. The van der Waals surface area contributed by atoms with E-state index < -0.39 is 29.0 Å². The van der Waals surface area contributed by atoms with Gasteiger partial charge in [0.2, 0.25) is 0 Å². The van der Waals surface area contributed by atoms with Gasteiger partial charge in [0, 0.05) is 6.54 Å². The first kappa shape index (κ1) is 12.9. The Hall–Kier alpha value is -1.59. The highest BCUT2D eigenvalue weighted by molar-refractivity contribution is 5.96. The Labute approximate surface area is 101 Å². The van der Waals surface area contributed by atoms with Gasteiger partial charge in [-0.3, -0.25) is 4.79 Å². The van der Waals surface area contributed by atoms with Crippen LogP contribution < -0.4 is 5.32 Å². The molecule has 1 aromatic rings. The van der Waals surface area contributed by atoms with Gasteiger partial charge in [0.1, 0.15) is 5.82 Å². The molecule has 0 aromatic heterocycles.